The zero-order chi connectivity index (χ0) is 14.8. The molecule has 0 heterocycles. The van der Waals surface area contributed by atoms with E-state index in [2.05, 4.69) is 31.0 Å². The van der Waals surface area contributed by atoms with E-state index in [4.69, 9.17) is 0 Å². The van der Waals surface area contributed by atoms with Crippen LogP contribution in [0.2, 0.25) is 0 Å². The molecule has 20 heavy (non-hydrogen) atoms. The van der Waals surface area contributed by atoms with Gasteiger partial charge in [0.25, 0.3) is 0 Å². The monoisotopic (exact) mass is 280 g/mol. The van der Waals surface area contributed by atoms with E-state index >= 15 is 0 Å². The lowest BCUT2D eigenvalue weighted by Crippen LogP contribution is -2.36. The van der Waals surface area contributed by atoms with E-state index in [-0.39, 0.29) is 5.82 Å². The summed E-state index contributed by atoms with van der Waals surface area (Å²) in [5, 5.41) is 3.56. The van der Waals surface area contributed by atoms with Crippen LogP contribution in [0.5, 0.6) is 0 Å². The predicted molar refractivity (Wildman–Crippen MR) is 84.6 cm³/mol. The van der Waals surface area contributed by atoms with Crippen LogP contribution in [0.3, 0.4) is 0 Å². The van der Waals surface area contributed by atoms with Crippen LogP contribution >= 0.6 is 0 Å². The van der Waals surface area contributed by atoms with E-state index in [0.717, 1.165) is 51.0 Å². The van der Waals surface area contributed by atoms with Gasteiger partial charge in [0.2, 0.25) is 0 Å². The van der Waals surface area contributed by atoms with E-state index in [1.165, 1.54) is 0 Å². The van der Waals surface area contributed by atoms with Gasteiger partial charge >= 0.3 is 0 Å². The second kappa shape index (κ2) is 9.89. The lowest BCUT2D eigenvalue weighted by Gasteiger charge is -2.24. The average molecular weight is 280 g/mol. The van der Waals surface area contributed by atoms with E-state index in [9.17, 15) is 4.39 Å². The van der Waals surface area contributed by atoms with Gasteiger partial charge in [-0.05, 0) is 57.1 Å². The van der Waals surface area contributed by atoms with Crippen LogP contribution in [0.1, 0.15) is 39.2 Å². The lowest BCUT2D eigenvalue weighted by molar-refractivity contribution is 0.280. The molecule has 1 unspecified atom stereocenters. The van der Waals surface area contributed by atoms with Crippen molar-refractivity contribution in [2.75, 3.05) is 26.2 Å². The minimum Gasteiger partial charge on any atom is -0.314 e. The number of nitrogens with zero attached hydrogens (tertiary/aromatic N) is 1. The highest BCUT2D eigenvalue weighted by Crippen LogP contribution is 2.11. The lowest BCUT2D eigenvalue weighted by atomic mass is 10.0. The van der Waals surface area contributed by atoms with Gasteiger partial charge in [-0.1, -0.05) is 39.0 Å². The first-order chi connectivity index (χ1) is 9.71. The van der Waals surface area contributed by atoms with Crippen LogP contribution in [0.25, 0.3) is 0 Å². The van der Waals surface area contributed by atoms with Crippen molar-refractivity contribution in [3.05, 3.63) is 35.6 Å². The van der Waals surface area contributed by atoms with E-state index in [0.29, 0.717) is 6.04 Å². The summed E-state index contributed by atoms with van der Waals surface area (Å²) in [6, 6.07) is 7.47. The third-order valence-electron chi connectivity index (χ3n) is 3.80. The van der Waals surface area contributed by atoms with Gasteiger partial charge in [0.1, 0.15) is 5.82 Å². The molecule has 0 saturated heterocycles. The Morgan fingerprint density at radius 3 is 2.45 bits per heavy atom. The topological polar surface area (TPSA) is 15.3 Å². The number of nitrogens with one attached hydrogen (secondary N) is 1. The molecule has 1 aromatic rings. The Hall–Kier alpha value is -0.930. The predicted octanol–water partition coefficient (Wildman–Crippen LogP) is 3.47. The molecule has 0 bridgehead atoms. The highest BCUT2D eigenvalue weighted by molar-refractivity contribution is 5.18. The summed E-state index contributed by atoms with van der Waals surface area (Å²) in [5.74, 6) is -0.0846. The molecule has 1 atom stereocenters. The zero-order valence-electron chi connectivity index (χ0n) is 13.2. The highest BCUT2D eigenvalue weighted by Gasteiger charge is 2.12. The molecule has 0 aromatic heterocycles. The first-order valence-electron chi connectivity index (χ1n) is 7.90. The Bertz CT molecular complexity index is 364. The van der Waals surface area contributed by atoms with E-state index < -0.39 is 0 Å². The summed E-state index contributed by atoms with van der Waals surface area (Å²) in [6.07, 6.45) is 2.95. The molecule has 2 nitrogen and oxygen atoms in total. The van der Waals surface area contributed by atoms with Crippen molar-refractivity contribution in [1.82, 2.24) is 10.2 Å². The summed E-state index contributed by atoms with van der Waals surface area (Å²) < 4.78 is 13.8. The normalized spacial score (nSPS) is 12.8. The van der Waals surface area contributed by atoms with Gasteiger partial charge in [-0.15, -0.1) is 0 Å². The summed E-state index contributed by atoms with van der Waals surface area (Å²) in [7, 11) is 0. The van der Waals surface area contributed by atoms with E-state index in [1.54, 1.807) is 12.1 Å². The molecule has 0 fully saturated rings. The maximum atomic E-state index is 13.8. The number of hydrogen-bond acceptors (Lipinski definition) is 2. The van der Waals surface area contributed by atoms with Crippen LogP contribution in [0.4, 0.5) is 4.39 Å². The van der Waals surface area contributed by atoms with Crippen molar-refractivity contribution in [3.8, 4) is 0 Å². The summed E-state index contributed by atoms with van der Waals surface area (Å²) in [5.41, 5.74) is 0.820. The van der Waals surface area contributed by atoms with Crippen molar-refractivity contribution in [2.24, 2.45) is 0 Å². The highest BCUT2D eigenvalue weighted by atomic mass is 19.1. The molecule has 0 amide bonds. The fourth-order valence-electron chi connectivity index (χ4n) is 2.43. The maximum absolute atomic E-state index is 13.8. The molecule has 0 saturated carbocycles. The first kappa shape index (κ1) is 17.1. The third-order valence-corrected chi connectivity index (χ3v) is 3.80. The summed E-state index contributed by atoms with van der Waals surface area (Å²) in [4.78, 5) is 2.42. The van der Waals surface area contributed by atoms with Crippen molar-refractivity contribution in [2.45, 2.75) is 46.1 Å². The zero-order valence-corrected chi connectivity index (χ0v) is 13.2. The molecular formula is C17H29FN2. The summed E-state index contributed by atoms with van der Waals surface area (Å²) in [6.45, 7) is 10.8. The Morgan fingerprint density at radius 1 is 1.15 bits per heavy atom. The SMILES string of the molecule is CCCNC(CCN(CC)CC)Cc1ccccc1F. The smallest absolute Gasteiger partial charge is 0.126 e. The number of benzene rings is 1. The third kappa shape index (κ3) is 6.02. The van der Waals surface area contributed by atoms with Crippen LogP contribution in [-0.2, 0) is 6.42 Å². The van der Waals surface area contributed by atoms with Crippen LogP contribution in [-0.4, -0.2) is 37.1 Å². The Kier molecular flexibility index (Phi) is 8.47. The average Bonchev–Trinajstić information content (AvgIpc) is 2.47. The van der Waals surface area contributed by atoms with Crippen LogP contribution in [0.15, 0.2) is 24.3 Å². The van der Waals surface area contributed by atoms with Crippen molar-refractivity contribution >= 4 is 0 Å². The molecular weight excluding hydrogens is 251 g/mol. The van der Waals surface area contributed by atoms with Gasteiger partial charge in [-0.3, -0.25) is 0 Å². The second-order valence-corrected chi connectivity index (χ2v) is 5.26. The minimum absolute atomic E-state index is 0.0846. The second-order valence-electron chi connectivity index (χ2n) is 5.26. The number of rotatable bonds is 10. The molecule has 0 aliphatic rings. The molecule has 3 heteroatoms. The van der Waals surface area contributed by atoms with Gasteiger partial charge in [0.05, 0.1) is 0 Å². The standard InChI is InChI=1S/C17H29FN2/c1-4-12-19-16(11-13-20(5-2)6-3)14-15-9-7-8-10-17(15)18/h7-10,16,19H,4-6,11-14H2,1-3H3. The maximum Gasteiger partial charge on any atom is 0.126 e. The van der Waals surface area contributed by atoms with Gasteiger partial charge in [0, 0.05) is 6.04 Å². The molecule has 0 radical (unpaired) electrons. The fraction of sp³-hybridized carbons (Fsp3) is 0.647. The molecule has 0 spiro atoms. The molecule has 1 aromatic carbocycles. The van der Waals surface area contributed by atoms with Gasteiger partial charge in [-0.2, -0.15) is 0 Å². The van der Waals surface area contributed by atoms with Gasteiger partial charge in [-0.25, -0.2) is 4.39 Å². The Labute approximate surface area is 123 Å². The van der Waals surface area contributed by atoms with E-state index in [1.807, 2.05) is 12.1 Å². The van der Waals surface area contributed by atoms with Crippen molar-refractivity contribution < 1.29 is 4.39 Å². The van der Waals surface area contributed by atoms with Gasteiger partial charge in [0.15, 0.2) is 0 Å². The molecule has 0 aliphatic carbocycles. The molecule has 114 valence electrons. The quantitative estimate of drug-likeness (QED) is 0.706. The molecule has 1 rings (SSSR count). The largest absolute Gasteiger partial charge is 0.314 e. The summed E-state index contributed by atoms with van der Waals surface area (Å²) >= 11 is 0. The molecule has 0 aliphatic heterocycles. The molecule has 1 N–H and O–H groups in total. The first-order valence-corrected chi connectivity index (χ1v) is 7.90. The van der Waals surface area contributed by atoms with Gasteiger partial charge < -0.3 is 10.2 Å². The van der Waals surface area contributed by atoms with Crippen LogP contribution in [0, 0.1) is 5.82 Å². The van der Waals surface area contributed by atoms with Crippen LogP contribution < -0.4 is 5.32 Å². The number of hydrogen-bond donors (Lipinski definition) is 1. The minimum atomic E-state index is -0.0846. The Balaban J connectivity index is 2.57. The Morgan fingerprint density at radius 2 is 1.85 bits per heavy atom. The fourth-order valence-corrected chi connectivity index (χ4v) is 2.43. The van der Waals surface area contributed by atoms with Crippen molar-refractivity contribution in [1.29, 1.82) is 0 Å². The van der Waals surface area contributed by atoms with Crippen molar-refractivity contribution in [3.63, 3.8) is 0 Å². The number of halogens is 1.